The summed E-state index contributed by atoms with van der Waals surface area (Å²) in [5.74, 6) is 1.12. The van der Waals surface area contributed by atoms with E-state index in [0.717, 1.165) is 12.2 Å². The number of rotatable bonds is 6. The zero-order valence-corrected chi connectivity index (χ0v) is 11.8. The first-order valence-corrected chi connectivity index (χ1v) is 6.70. The summed E-state index contributed by atoms with van der Waals surface area (Å²) in [5.41, 5.74) is 11.8. The van der Waals surface area contributed by atoms with E-state index in [1.165, 1.54) is 0 Å². The summed E-state index contributed by atoms with van der Waals surface area (Å²) in [5, 5.41) is 0. The molecule has 0 aromatic heterocycles. The van der Waals surface area contributed by atoms with Gasteiger partial charge in [-0.3, -0.25) is 4.79 Å². The lowest BCUT2D eigenvalue weighted by atomic mass is 10.1. The number of nitrogen functional groups attached to an aromatic ring is 1. The maximum absolute atomic E-state index is 11.4. The fourth-order valence-corrected chi connectivity index (χ4v) is 1.78. The average molecular weight is 286 g/mol. The van der Waals surface area contributed by atoms with Crippen LogP contribution in [0.1, 0.15) is 23.7 Å². The van der Waals surface area contributed by atoms with E-state index in [0.29, 0.717) is 23.8 Å². The molecule has 5 heteroatoms. The summed E-state index contributed by atoms with van der Waals surface area (Å²) in [7, 11) is 0. The minimum absolute atomic E-state index is 0.288. The first-order chi connectivity index (χ1) is 10.1. The van der Waals surface area contributed by atoms with Gasteiger partial charge in [-0.15, -0.1) is 0 Å². The average Bonchev–Trinajstić information content (AvgIpc) is 2.46. The van der Waals surface area contributed by atoms with E-state index in [2.05, 4.69) is 0 Å². The number of primary amides is 1. The number of nitrogens with two attached hydrogens (primary N) is 2. The molecule has 0 unspecified atom stereocenters. The standard InChI is InChI=1S/C16H18N2O3/c1-2-9-20-12-4-6-13(7-5-12)21-15-10-11(17)3-8-14(15)16(18)19/h3-8,10H,2,9,17H2,1H3,(H2,18,19). The highest BCUT2D eigenvalue weighted by molar-refractivity contribution is 5.96. The van der Waals surface area contributed by atoms with Crippen LogP contribution in [-0.4, -0.2) is 12.5 Å². The Morgan fingerprint density at radius 2 is 1.76 bits per heavy atom. The molecule has 5 nitrogen and oxygen atoms in total. The third kappa shape index (κ3) is 3.89. The summed E-state index contributed by atoms with van der Waals surface area (Å²) in [4.78, 5) is 11.4. The van der Waals surface area contributed by atoms with Crippen LogP contribution in [0.15, 0.2) is 42.5 Å². The molecule has 2 aromatic carbocycles. The van der Waals surface area contributed by atoms with E-state index < -0.39 is 5.91 Å². The lowest BCUT2D eigenvalue weighted by molar-refractivity contribution is 0.0998. The van der Waals surface area contributed by atoms with Gasteiger partial charge in [-0.1, -0.05) is 6.92 Å². The van der Waals surface area contributed by atoms with E-state index in [9.17, 15) is 4.79 Å². The summed E-state index contributed by atoms with van der Waals surface area (Å²) < 4.78 is 11.2. The predicted molar refractivity (Wildman–Crippen MR) is 81.7 cm³/mol. The zero-order chi connectivity index (χ0) is 15.2. The molecule has 0 heterocycles. The van der Waals surface area contributed by atoms with Crippen molar-refractivity contribution in [3.8, 4) is 17.2 Å². The second-order valence-electron chi connectivity index (χ2n) is 4.54. The van der Waals surface area contributed by atoms with Crippen LogP contribution in [0.25, 0.3) is 0 Å². The predicted octanol–water partition coefficient (Wildman–Crippen LogP) is 2.95. The monoisotopic (exact) mass is 286 g/mol. The van der Waals surface area contributed by atoms with Gasteiger partial charge >= 0.3 is 0 Å². The third-order valence-corrected chi connectivity index (χ3v) is 2.80. The number of carbonyl (C=O) groups excluding carboxylic acids is 1. The quantitative estimate of drug-likeness (QED) is 0.799. The van der Waals surface area contributed by atoms with Crippen molar-refractivity contribution in [3.63, 3.8) is 0 Å². The molecule has 2 rings (SSSR count). The van der Waals surface area contributed by atoms with Crippen molar-refractivity contribution < 1.29 is 14.3 Å². The largest absolute Gasteiger partial charge is 0.494 e. The van der Waals surface area contributed by atoms with E-state index in [4.69, 9.17) is 20.9 Å². The van der Waals surface area contributed by atoms with Crippen molar-refractivity contribution in [2.24, 2.45) is 5.73 Å². The topological polar surface area (TPSA) is 87.6 Å². The van der Waals surface area contributed by atoms with Crippen LogP contribution in [0.3, 0.4) is 0 Å². The number of benzene rings is 2. The summed E-state index contributed by atoms with van der Waals surface area (Å²) in [6, 6.07) is 11.9. The number of carbonyl (C=O) groups is 1. The SMILES string of the molecule is CCCOc1ccc(Oc2cc(N)ccc2C(N)=O)cc1. The molecule has 1 amide bonds. The molecule has 0 aliphatic heterocycles. The second kappa shape index (κ2) is 6.65. The number of hydrogen-bond acceptors (Lipinski definition) is 4. The molecule has 110 valence electrons. The minimum Gasteiger partial charge on any atom is -0.494 e. The van der Waals surface area contributed by atoms with Crippen LogP contribution in [0.2, 0.25) is 0 Å². The van der Waals surface area contributed by atoms with Crippen molar-refractivity contribution in [1.82, 2.24) is 0 Å². The van der Waals surface area contributed by atoms with E-state index in [1.54, 1.807) is 42.5 Å². The highest BCUT2D eigenvalue weighted by Gasteiger charge is 2.10. The van der Waals surface area contributed by atoms with E-state index >= 15 is 0 Å². The minimum atomic E-state index is -0.562. The Hall–Kier alpha value is -2.69. The highest BCUT2D eigenvalue weighted by atomic mass is 16.5. The fourth-order valence-electron chi connectivity index (χ4n) is 1.78. The van der Waals surface area contributed by atoms with Gasteiger partial charge in [-0.05, 0) is 42.8 Å². The van der Waals surface area contributed by atoms with Crippen LogP contribution in [0.5, 0.6) is 17.2 Å². The van der Waals surface area contributed by atoms with Crippen molar-refractivity contribution in [3.05, 3.63) is 48.0 Å². The Bertz CT molecular complexity index is 624. The van der Waals surface area contributed by atoms with Crippen LogP contribution < -0.4 is 20.9 Å². The molecule has 0 aliphatic rings. The van der Waals surface area contributed by atoms with Gasteiger partial charge in [0.05, 0.1) is 12.2 Å². The summed E-state index contributed by atoms with van der Waals surface area (Å²) in [6.07, 6.45) is 0.948. The highest BCUT2D eigenvalue weighted by Crippen LogP contribution is 2.28. The number of anilines is 1. The maximum Gasteiger partial charge on any atom is 0.252 e. The van der Waals surface area contributed by atoms with Gasteiger partial charge in [0.1, 0.15) is 17.2 Å². The van der Waals surface area contributed by atoms with Crippen molar-refractivity contribution in [2.75, 3.05) is 12.3 Å². The maximum atomic E-state index is 11.4. The molecule has 21 heavy (non-hydrogen) atoms. The van der Waals surface area contributed by atoms with Crippen molar-refractivity contribution >= 4 is 11.6 Å². The van der Waals surface area contributed by atoms with Gasteiger partial charge < -0.3 is 20.9 Å². The molecule has 0 aliphatic carbocycles. The van der Waals surface area contributed by atoms with Gasteiger partial charge in [0.2, 0.25) is 0 Å². The van der Waals surface area contributed by atoms with Gasteiger partial charge in [0.15, 0.2) is 0 Å². The lowest BCUT2D eigenvalue weighted by Crippen LogP contribution is -2.12. The van der Waals surface area contributed by atoms with E-state index in [1.807, 2.05) is 6.92 Å². The van der Waals surface area contributed by atoms with Crippen LogP contribution in [-0.2, 0) is 0 Å². The number of hydrogen-bond donors (Lipinski definition) is 2. The van der Waals surface area contributed by atoms with E-state index in [-0.39, 0.29) is 5.56 Å². The molecule has 2 aromatic rings. The Morgan fingerprint density at radius 1 is 1.10 bits per heavy atom. The summed E-state index contributed by atoms with van der Waals surface area (Å²) in [6.45, 7) is 2.71. The Balaban J connectivity index is 2.18. The fraction of sp³-hybridized carbons (Fsp3) is 0.188. The lowest BCUT2D eigenvalue weighted by Gasteiger charge is -2.11. The Kier molecular flexibility index (Phi) is 4.66. The van der Waals surface area contributed by atoms with Crippen LogP contribution in [0, 0.1) is 0 Å². The molecular formula is C16H18N2O3. The Morgan fingerprint density at radius 3 is 2.38 bits per heavy atom. The normalized spacial score (nSPS) is 10.1. The molecule has 4 N–H and O–H groups in total. The molecular weight excluding hydrogens is 268 g/mol. The van der Waals surface area contributed by atoms with Gasteiger partial charge in [-0.2, -0.15) is 0 Å². The van der Waals surface area contributed by atoms with Crippen molar-refractivity contribution in [2.45, 2.75) is 13.3 Å². The Labute approximate surface area is 123 Å². The molecule has 0 spiro atoms. The van der Waals surface area contributed by atoms with Gasteiger partial charge in [0.25, 0.3) is 5.91 Å². The first-order valence-electron chi connectivity index (χ1n) is 6.70. The second-order valence-corrected chi connectivity index (χ2v) is 4.54. The first kappa shape index (κ1) is 14.7. The molecule has 0 saturated heterocycles. The number of ether oxygens (including phenoxy) is 2. The molecule has 0 fully saturated rings. The molecule has 0 atom stereocenters. The zero-order valence-electron chi connectivity index (χ0n) is 11.8. The van der Waals surface area contributed by atoms with Crippen LogP contribution >= 0.6 is 0 Å². The van der Waals surface area contributed by atoms with Gasteiger partial charge in [0, 0.05) is 11.8 Å². The smallest absolute Gasteiger partial charge is 0.252 e. The molecule has 0 saturated carbocycles. The summed E-state index contributed by atoms with van der Waals surface area (Å²) >= 11 is 0. The van der Waals surface area contributed by atoms with Gasteiger partial charge in [-0.25, -0.2) is 0 Å². The molecule has 0 radical (unpaired) electrons. The number of amides is 1. The van der Waals surface area contributed by atoms with Crippen molar-refractivity contribution in [1.29, 1.82) is 0 Å². The van der Waals surface area contributed by atoms with Crippen LogP contribution in [0.4, 0.5) is 5.69 Å². The third-order valence-electron chi connectivity index (χ3n) is 2.80. The molecule has 0 bridgehead atoms.